The Bertz CT molecular complexity index is 2150. The average Bonchev–Trinajstić information content (AvgIpc) is 3.10. The number of nitrogens with zero attached hydrogens (tertiary/aromatic N) is 3. The number of carbonyl (C=O) groups excluding carboxylic acids is 1. The van der Waals surface area contributed by atoms with E-state index in [2.05, 4.69) is 5.32 Å². The molecule has 4 aromatic carbocycles. The summed E-state index contributed by atoms with van der Waals surface area (Å²) in [6.45, 7) is 0.991. The minimum Gasteiger partial charge on any atom is -0.496 e. The highest BCUT2D eigenvalue weighted by molar-refractivity contribution is 7.89. The lowest BCUT2D eigenvalue weighted by Gasteiger charge is -2.26. The monoisotopic (exact) mass is 690 g/mol. The van der Waals surface area contributed by atoms with Crippen LogP contribution in [-0.2, 0) is 26.0 Å². The minimum atomic E-state index is -3.83. The number of rotatable bonds is 11. The van der Waals surface area contributed by atoms with E-state index in [1.807, 2.05) is 0 Å². The number of fused-ring (bicyclic) bond motifs is 1. The Morgan fingerprint density at radius 1 is 0.939 bits per heavy atom. The van der Waals surface area contributed by atoms with Crippen LogP contribution in [0.15, 0.2) is 88.6 Å². The number of nitrogens with one attached hydrogen (secondary N) is 1. The van der Waals surface area contributed by atoms with Crippen LogP contribution in [0.25, 0.3) is 27.7 Å². The molecule has 0 saturated carbocycles. The molecule has 0 bridgehead atoms. The standard InChI is InChI=1S/C35H32F2N4O7S/c1-46-31-4-3-5-32(47-2)33(31)23-6-11-28-29(19-23)39-34(30(38-21-42)18-22-16-24(36)20-25(37)17-22)41(35(28)43)26-7-9-27(10-8-26)49(44,45)40-12-14-48-15-13-40/h3-11,16-17,19-21,30H,12-15,18H2,1-2H3,(H,38,42). The molecule has 1 amide bonds. The van der Waals surface area contributed by atoms with Gasteiger partial charge in [-0.05, 0) is 71.8 Å². The molecule has 1 aliphatic heterocycles. The lowest BCUT2D eigenvalue weighted by molar-refractivity contribution is -0.110. The van der Waals surface area contributed by atoms with Gasteiger partial charge in [0.2, 0.25) is 16.4 Å². The smallest absolute Gasteiger partial charge is 0.266 e. The Kier molecular flexibility index (Phi) is 9.72. The lowest BCUT2D eigenvalue weighted by atomic mass is 10.0. The quantitative estimate of drug-likeness (QED) is 0.202. The fourth-order valence-electron chi connectivity index (χ4n) is 5.95. The van der Waals surface area contributed by atoms with Crippen LogP contribution >= 0.6 is 0 Å². The zero-order valence-corrected chi connectivity index (χ0v) is 27.4. The normalized spacial score (nSPS) is 14.4. The van der Waals surface area contributed by atoms with E-state index in [0.29, 0.717) is 29.0 Å². The summed E-state index contributed by atoms with van der Waals surface area (Å²) in [4.78, 5) is 31.1. The van der Waals surface area contributed by atoms with E-state index in [1.54, 1.807) is 36.4 Å². The highest BCUT2D eigenvalue weighted by Crippen LogP contribution is 2.39. The summed E-state index contributed by atoms with van der Waals surface area (Å²) < 4.78 is 74.0. The molecule has 0 radical (unpaired) electrons. The van der Waals surface area contributed by atoms with E-state index in [9.17, 15) is 26.8 Å². The van der Waals surface area contributed by atoms with Crippen molar-refractivity contribution in [2.45, 2.75) is 17.4 Å². The fraction of sp³-hybridized carbons (Fsp3) is 0.229. The van der Waals surface area contributed by atoms with Crippen molar-refractivity contribution in [3.63, 3.8) is 0 Å². The van der Waals surface area contributed by atoms with Crippen molar-refractivity contribution < 1.29 is 36.2 Å². The predicted octanol–water partition coefficient (Wildman–Crippen LogP) is 4.40. The van der Waals surface area contributed by atoms with E-state index in [1.165, 1.54) is 47.4 Å². The van der Waals surface area contributed by atoms with Gasteiger partial charge in [-0.2, -0.15) is 4.31 Å². The summed E-state index contributed by atoms with van der Waals surface area (Å²) in [6.07, 6.45) is 0.282. The highest BCUT2D eigenvalue weighted by Gasteiger charge is 2.27. The summed E-state index contributed by atoms with van der Waals surface area (Å²) in [5.41, 5.74) is 1.45. The first kappa shape index (κ1) is 33.7. The van der Waals surface area contributed by atoms with Gasteiger partial charge in [0.1, 0.15) is 29.0 Å². The molecule has 0 aliphatic carbocycles. The molecule has 1 aliphatic rings. The topological polar surface area (TPSA) is 129 Å². The number of hydrogen-bond donors (Lipinski definition) is 1. The summed E-state index contributed by atoms with van der Waals surface area (Å²) in [6, 6.07) is 18.0. The maximum absolute atomic E-state index is 14.3. The van der Waals surface area contributed by atoms with Crippen LogP contribution in [0.3, 0.4) is 0 Å². The first-order chi connectivity index (χ1) is 23.6. The summed E-state index contributed by atoms with van der Waals surface area (Å²) in [7, 11) is -0.783. The SMILES string of the molecule is COc1cccc(OC)c1-c1ccc2c(=O)n(-c3ccc(S(=O)(=O)N4CCOCC4)cc3)c(C(Cc3cc(F)cc(F)c3)NC=O)nc2c1. The largest absolute Gasteiger partial charge is 0.496 e. The summed E-state index contributed by atoms with van der Waals surface area (Å²) in [5.74, 6) is -0.532. The van der Waals surface area contributed by atoms with E-state index in [4.69, 9.17) is 19.2 Å². The molecule has 14 heteroatoms. The lowest BCUT2D eigenvalue weighted by Crippen LogP contribution is -2.40. The minimum absolute atomic E-state index is 0.0229. The van der Waals surface area contributed by atoms with Gasteiger partial charge in [-0.1, -0.05) is 12.1 Å². The van der Waals surface area contributed by atoms with Gasteiger partial charge in [0, 0.05) is 25.6 Å². The molecule has 1 aromatic heterocycles. The van der Waals surface area contributed by atoms with E-state index >= 15 is 0 Å². The Balaban J connectivity index is 1.54. The third-order valence-corrected chi connectivity index (χ3v) is 10.2. The number of hydrogen-bond acceptors (Lipinski definition) is 8. The van der Waals surface area contributed by atoms with Gasteiger partial charge in [0.05, 0.1) is 60.5 Å². The molecule has 0 spiro atoms. The highest BCUT2D eigenvalue weighted by atomic mass is 32.2. The number of ether oxygens (including phenoxy) is 3. The second kappa shape index (κ2) is 14.1. The molecule has 2 heterocycles. The van der Waals surface area contributed by atoms with Gasteiger partial charge < -0.3 is 19.5 Å². The maximum Gasteiger partial charge on any atom is 0.266 e. The molecule has 1 unspecified atom stereocenters. The van der Waals surface area contributed by atoms with Crippen molar-refractivity contribution in [3.05, 3.63) is 112 Å². The third kappa shape index (κ3) is 6.75. The van der Waals surface area contributed by atoms with E-state index in [0.717, 1.165) is 18.2 Å². The molecule has 1 fully saturated rings. The second-order valence-corrected chi connectivity index (χ2v) is 13.1. The Labute approximate surface area is 280 Å². The van der Waals surface area contributed by atoms with Crippen LogP contribution in [0.5, 0.6) is 11.5 Å². The Morgan fingerprint density at radius 2 is 1.59 bits per heavy atom. The number of carbonyl (C=O) groups is 1. The van der Waals surface area contributed by atoms with Crippen LogP contribution < -0.4 is 20.3 Å². The van der Waals surface area contributed by atoms with Gasteiger partial charge in [0.15, 0.2) is 0 Å². The molecule has 254 valence electrons. The number of halogens is 2. The number of morpholine rings is 1. The number of methoxy groups -OCH3 is 2. The van der Waals surface area contributed by atoms with Crippen LogP contribution in [-0.4, -0.2) is 69.2 Å². The number of aromatic nitrogens is 2. The van der Waals surface area contributed by atoms with Crippen LogP contribution in [0, 0.1) is 11.6 Å². The van der Waals surface area contributed by atoms with Crippen LogP contribution in [0.2, 0.25) is 0 Å². The zero-order valence-electron chi connectivity index (χ0n) is 26.6. The van der Waals surface area contributed by atoms with Gasteiger partial charge in [-0.3, -0.25) is 14.2 Å². The molecule has 5 aromatic rings. The predicted molar refractivity (Wildman–Crippen MR) is 177 cm³/mol. The van der Waals surface area contributed by atoms with E-state index < -0.39 is 33.3 Å². The van der Waals surface area contributed by atoms with Gasteiger partial charge in [-0.15, -0.1) is 0 Å². The second-order valence-electron chi connectivity index (χ2n) is 11.2. The molecular formula is C35H32F2N4O7S. The van der Waals surface area contributed by atoms with E-state index in [-0.39, 0.29) is 65.6 Å². The Hall–Kier alpha value is -5.18. The Morgan fingerprint density at radius 3 is 2.20 bits per heavy atom. The molecule has 1 atom stereocenters. The van der Waals surface area contributed by atoms with Crippen molar-refractivity contribution in [2.24, 2.45) is 0 Å². The summed E-state index contributed by atoms with van der Waals surface area (Å²) >= 11 is 0. The molecule has 11 nitrogen and oxygen atoms in total. The molecule has 1 N–H and O–H groups in total. The summed E-state index contributed by atoms with van der Waals surface area (Å²) in [5, 5.41) is 2.86. The van der Waals surface area contributed by atoms with Crippen molar-refractivity contribution in [2.75, 3.05) is 40.5 Å². The maximum atomic E-state index is 14.3. The van der Waals surface area contributed by atoms with Crippen molar-refractivity contribution in [1.29, 1.82) is 0 Å². The number of amides is 1. The third-order valence-electron chi connectivity index (χ3n) is 8.26. The number of sulfonamides is 1. The molecular weight excluding hydrogens is 658 g/mol. The van der Waals surface area contributed by atoms with Crippen molar-refractivity contribution in [1.82, 2.24) is 19.2 Å². The van der Waals surface area contributed by atoms with Gasteiger partial charge >= 0.3 is 0 Å². The van der Waals surface area contributed by atoms with Crippen LogP contribution in [0.1, 0.15) is 17.4 Å². The zero-order chi connectivity index (χ0) is 34.7. The fourth-order valence-corrected chi connectivity index (χ4v) is 7.36. The number of benzene rings is 4. The average molecular weight is 691 g/mol. The molecule has 1 saturated heterocycles. The van der Waals surface area contributed by atoms with Crippen molar-refractivity contribution >= 4 is 27.3 Å². The van der Waals surface area contributed by atoms with Gasteiger partial charge in [0.25, 0.3) is 5.56 Å². The van der Waals surface area contributed by atoms with Crippen LogP contribution in [0.4, 0.5) is 8.78 Å². The van der Waals surface area contributed by atoms with Gasteiger partial charge in [-0.25, -0.2) is 22.2 Å². The van der Waals surface area contributed by atoms with Crippen molar-refractivity contribution in [3.8, 4) is 28.3 Å². The first-order valence-electron chi connectivity index (χ1n) is 15.3. The molecule has 49 heavy (non-hydrogen) atoms. The molecule has 6 rings (SSSR count). The first-order valence-corrected chi connectivity index (χ1v) is 16.7.